The lowest BCUT2D eigenvalue weighted by Gasteiger charge is -2.30. The Hall–Kier alpha value is -2.25. The molecule has 5 nitrogen and oxygen atoms in total. The van der Waals surface area contributed by atoms with Crippen molar-refractivity contribution in [1.82, 2.24) is 4.31 Å². The largest absolute Gasteiger partial charge is 0.461 e. The van der Waals surface area contributed by atoms with Crippen molar-refractivity contribution in [3.05, 3.63) is 66.0 Å². The first-order chi connectivity index (χ1) is 12.5. The van der Waals surface area contributed by atoms with Crippen LogP contribution >= 0.6 is 0 Å². The highest BCUT2D eigenvalue weighted by Gasteiger charge is 2.32. The van der Waals surface area contributed by atoms with Gasteiger partial charge in [0.15, 0.2) is 0 Å². The highest BCUT2D eigenvalue weighted by Crippen LogP contribution is 2.24. The van der Waals surface area contributed by atoms with Crippen LogP contribution in [0, 0.1) is 11.7 Å². The van der Waals surface area contributed by atoms with Gasteiger partial charge in [-0.1, -0.05) is 30.3 Å². The van der Waals surface area contributed by atoms with E-state index in [2.05, 4.69) is 0 Å². The molecule has 0 spiro atoms. The van der Waals surface area contributed by atoms with E-state index in [1.165, 1.54) is 16.4 Å². The molecule has 2 aromatic carbocycles. The monoisotopic (exact) mass is 377 g/mol. The second kappa shape index (κ2) is 7.97. The zero-order chi connectivity index (χ0) is 18.6. The Bertz CT molecular complexity index is 845. The highest BCUT2D eigenvalue weighted by molar-refractivity contribution is 7.89. The minimum Gasteiger partial charge on any atom is -0.461 e. The van der Waals surface area contributed by atoms with Crippen LogP contribution in [0.5, 0.6) is 0 Å². The van der Waals surface area contributed by atoms with Gasteiger partial charge < -0.3 is 4.74 Å². The van der Waals surface area contributed by atoms with Gasteiger partial charge in [0.25, 0.3) is 0 Å². The number of carbonyl (C=O) groups excluding carboxylic acids is 1. The Morgan fingerprint density at radius 2 is 1.65 bits per heavy atom. The second-order valence-corrected chi connectivity index (χ2v) is 8.16. The number of benzene rings is 2. The Kier molecular flexibility index (Phi) is 5.68. The maximum Gasteiger partial charge on any atom is 0.309 e. The predicted octanol–water partition coefficient (Wildman–Crippen LogP) is 2.97. The van der Waals surface area contributed by atoms with Crippen molar-refractivity contribution in [3.63, 3.8) is 0 Å². The summed E-state index contributed by atoms with van der Waals surface area (Å²) in [5, 5.41) is 0. The number of nitrogens with zero attached hydrogens (tertiary/aromatic N) is 1. The summed E-state index contributed by atoms with van der Waals surface area (Å²) in [6.45, 7) is 0.655. The molecule has 3 rings (SSSR count). The molecule has 1 fully saturated rings. The number of ether oxygens (including phenoxy) is 1. The standard InChI is InChI=1S/C19H20FNO4S/c20-17-8-6-15(7-9-17)14-25-19(22)16-10-12-21(13-11-16)26(23,24)18-4-2-1-3-5-18/h1-9,16H,10-14H2. The number of carbonyl (C=O) groups is 1. The van der Waals surface area contributed by atoms with Crippen LogP contribution in [-0.4, -0.2) is 31.8 Å². The second-order valence-electron chi connectivity index (χ2n) is 6.23. The molecule has 0 bridgehead atoms. The summed E-state index contributed by atoms with van der Waals surface area (Å²) in [5.74, 6) is -1.00. The van der Waals surface area contributed by atoms with Gasteiger partial charge in [-0.3, -0.25) is 4.79 Å². The van der Waals surface area contributed by atoms with Crippen LogP contribution in [-0.2, 0) is 26.2 Å². The van der Waals surface area contributed by atoms with Gasteiger partial charge >= 0.3 is 5.97 Å². The summed E-state index contributed by atoms with van der Waals surface area (Å²) >= 11 is 0. The summed E-state index contributed by atoms with van der Waals surface area (Å²) < 4.78 is 44.7. The lowest BCUT2D eigenvalue weighted by atomic mass is 9.98. The molecule has 0 aromatic heterocycles. The van der Waals surface area contributed by atoms with E-state index in [0.29, 0.717) is 18.4 Å². The molecule has 0 aliphatic carbocycles. The van der Waals surface area contributed by atoms with E-state index in [0.717, 1.165) is 0 Å². The lowest BCUT2D eigenvalue weighted by Crippen LogP contribution is -2.40. The molecule has 26 heavy (non-hydrogen) atoms. The third-order valence-corrected chi connectivity index (χ3v) is 6.38. The number of hydrogen-bond donors (Lipinski definition) is 0. The quantitative estimate of drug-likeness (QED) is 0.752. The van der Waals surface area contributed by atoms with Gasteiger partial charge in [0.2, 0.25) is 10.0 Å². The average molecular weight is 377 g/mol. The molecule has 2 aromatic rings. The number of piperidine rings is 1. The van der Waals surface area contributed by atoms with Crippen LogP contribution in [0.15, 0.2) is 59.5 Å². The number of hydrogen-bond acceptors (Lipinski definition) is 4. The first-order valence-corrected chi connectivity index (χ1v) is 9.87. The Labute approximate surface area is 152 Å². The number of rotatable bonds is 5. The SMILES string of the molecule is O=C(OCc1ccc(F)cc1)C1CCN(S(=O)(=O)c2ccccc2)CC1. The zero-order valence-electron chi connectivity index (χ0n) is 14.2. The summed E-state index contributed by atoms with van der Waals surface area (Å²) in [6.07, 6.45) is 0.850. The van der Waals surface area contributed by atoms with E-state index in [9.17, 15) is 17.6 Å². The smallest absolute Gasteiger partial charge is 0.309 e. The molecule has 1 saturated heterocycles. The van der Waals surface area contributed by atoms with E-state index in [1.807, 2.05) is 0 Å². The van der Waals surface area contributed by atoms with Gasteiger partial charge in [-0.25, -0.2) is 12.8 Å². The van der Waals surface area contributed by atoms with Gasteiger partial charge in [-0.15, -0.1) is 0 Å². The molecule has 0 radical (unpaired) electrons. The molecule has 0 amide bonds. The first kappa shape index (κ1) is 18.5. The van der Waals surface area contributed by atoms with Gasteiger partial charge in [0.05, 0.1) is 10.8 Å². The Morgan fingerprint density at radius 1 is 1.04 bits per heavy atom. The fraction of sp³-hybridized carbons (Fsp3) is 0.316. The molecule has 0 N–H and O–H groups in total. The molecular weight excluding hydrogens is 357 g/mol. The molecular formula is C19H20FNO4S. The zero-order valence-corrected chi connectivity index (χ0v) is 15.0. The molecule has 1 aliphatic heterocycles. The van der Waals surface area contributed by atoms with E-state index in [4.69, 9.17) is 4.74 Å². The number of halogens is 1. The van der Waals surface area contributed by atoms with Gasteiger partial charge in [-0.2, -0.15) is 4.31 Å². The van der Waals surface area contributed by atoms with Gasteiger partial charge in [-0.05, 0) is 42.7 Å². The molecule has 0 unspecified atom stereocenters. The summed E-state index contributed by atoms with van der Waals surface area (Å²) in [5.41, 5.74) is 0.712. The molecule has 1 heterocycles. The maximum absolute atomic E-state index is 12.9. The van der Waals surface area contributed by atoms with Crippen LogP contribution in [0.3, 0.4) is 0 Å². The third-order valence-electron chi connectivity index (χ3n) is 4.46. The van der Waals surface area contributed by atoms with Crippen molar-refractivity contribution in [3.8, 4) is 0 Å². The average Bonchev–Trinajstić information content (AvgIpc) is 2.68. The molecule has 0 saturated carbocycles. The van der Waals surface area contributed by atoms with Crippen molar-refractivity contribution in [2.24, 2.45) is 5.92 Å². The topological polar surface area (TPSA) is 63.7 Å². The van der Waals surface area contributed by atoms with Crippen LogP contribution in [0.4, 0.5) is 4.39 Å². The molecule has 0 atom stereocenters. The van der Waals surface area contributed by atoms with Crippen LogP contribution < -0.4 is 0 Å². The molecule has 7 heteroatoms. The Morgan fingerprint density at radius 3 is 2.27 bits per heavy atom. The van der Waals surface area contributed by atoms with Gasteiger partial charge in [0.1, 0.15) is 12.4 Å². The van der Waals surface area contributed by atoms with Crippen molar-refractivity contribution in [1.29, 1.82) is 0 Å². The third kappa shape index (κ3) is 4.28. The summed E-state index contributed by atoms with van der Waals surface area (Å²) in [4.78, 5) is 12.5. The van der Waals surface area contributed by atoms with Crippen LogP contribution in [0.25, 0.3) is 0 Å². The predicted molar refractivity (Wildman–Crippen MR) is 94.1 cm³/mol. The summed E-state index contributed by atoms with van der Waals surface area (Å²) in [7, 11) is -3.52. The number of sulfonamides is 1. The van der Waals surface area contributed by atoms with Gasteiger partial charge in [0, 0.05) is 13.1 Å². The minimum absolute atomic E-state index is 0.0850. The number of esters is 1. The van der Waals surface area contributed by atoms with E-state index in [-0.39, 0.29) is 42.3 Å². The van der Waals surface area contributed by atoms with Crippen molar-refractivity contribution in [2.75, 3.05) is 13.1 Å². The van der Waals surface area contributed by atoms with E-state index < -0.39 is 10.0 Å². The minimum atomic E-state index is -3.52. The first-order valence-electron chi connectivity index (χ1n) is 8.43. The normalized spacial score (nSPS) is 16.3. The van der Waals surface area contributed by atoms with E-state index >= 15 is 0 Å². The molecule has 1 aliphatic rings. The molecule has 138 valence electrons. The highest BCUT2D eigenvalue weighted by atomic mass is 32.2. The van der Waals surface area contributed by atoms with Crippen LogP contribution in [0.1, 0.15) is 18.4 Å². The maximum atomic E-state index is 12.9. The van der Waals surface area contributed by atoms with Crippen molar-refractivity contribution >= 4 is 16.0 Å². The Balaban J connectivity index is 1.53. The van der Waals surface area contributed by atoms with Crippen LogP contribution in [0.2, 0.25) is 0 Å². The lowest BCUT2D eigenvalue weighted by molar-refractivity contribution is -0.151. The fourth-order valence-corrected chi connectivity index (χ4v) is 4.42. The van der Waals surface area contributed by atoms with Crippen molar-refractivity contribution < 1.29 is 22.3 Å². The summed E-state index contributed by atoms with van der Waals surface area (Å²) in [6, 6.07) is 14.0. The van der Waals surface area contributed by atoms with E-state index in [1.54, 1.807) is 42.5 Å². The van der Waals surface area contributed by atoms with Crippen molar-refractivity contribution in [2.45, 2.75) is 24.3 Å². The fourth-order valence-electron chi connectivity index (χ4n) is 2.93.